The average molecular weight is 221 g/mol. The van der Waals surface area contributed by atoms with Crippen molar-refractivity contribution in [2.24, 2.45) is 0 Å². The van der Waals surface area contributed by atoms with Crippen molar-refractivity contribution in [1.29, 1.82) is 5.39 Å². The summed E-state index contributed by atoms with van der Waals surface area (Å²) in [4.78, 5) is 25.4. The van der Waals surface area contributed by atoms with E-state index < -0.39 is 11.9 Å². The molecule has 0 bridgehead atoms. The monoisotopic (exact) mass is 221 g/mol. The highest BCUT2D eigenvalue weighted by atomic mass is 16.5. The second-order valence-electron chi connectivity index (χ2n) is 2.82. The van der Waals surface area contributed by atoms with Crippen LogP contribution in [0.1, 0.15) is 20.7 Å². The number of benzene rings is 1. The van der Waals surface area contributed by atoms with Gasteiger partial charge in [0.15, 0.2) is 10.5 Å². The van der Waals surface area contributed by atoms with Gasteiger partial charge in [-0.1, -0.05) is 0 Å². The molecule has 6 nitrogen and oxygen atoms in total. The maximum atomic E-state index is 11.3. The highest BCUT2D eigenvalue weighted by molar-refractivity contribution is 5.99. The van der Waals surface area contributed by atoms with Crippen molar-refractivity contribution in [3.8, 4) is 0 Å². The highest BCUT2D eigenvalue weighted by Gasteiger charge is 2.23. The molecular weight excluding hydrogens is 212 g/mol. The van der Waals surface area contributed by atoms with Crippen LogP contribution in [0.3, 0.4) is 0 Å². The molecule has 0 saturated carbocycles. The molecule has 0 fully saturated rings. The van der Waals surface area contributed by atoms with Crippen molar-refractivity contribution in [3.63, 3.8) is 0 Å². The van der Waals surface area contributed by atoms with Gasteiger partial charge in [-0.25, -0.2) is 9.59 Å². The number of nitrogens with zero attached hydrogens (tertiary/aromatic N) is 2. The molecular formula is C10H9N2O4+. The van der Waals surface area contributed by atoms with Crippen LogP contribution in [0.15, 0.2) is 18.2 Å². The van der Waals surface area contributed by atoms with E-state index in [9.17, 15) is 9.59 Å². The molecule has 0 aliphatic heterocycles. The number of methoxy groups -OCH3 is 2. The molecule has 0 aliphatic rings. The van der Waals surface area contributed by atoms with Crippen molar-refractivity contribution < 1.29 is 19.1 Å². The number of hydrogen-bond acceptors (Lipinski definition) is 5. The average Bonchev–Trinajstić information content (AvgIpc) is 2.35. The quantitative estimate of drug-likeness (QED) is 0.561. The lowest BCUT2D eigenvalue weighted by Gasteiger charge is -2.00. The Morgan fingerprint density at radius 2 is 1.81 bits per heavy atom. The maximum absolute atomic E-state index is 11.3. The Hall–Kier alpha value is -2.42. The standard InChI is InChI=1S/C10H9N2O4/c1-15-9(13)6-3-4-8(12-11)7(5-6)10(14)16-2/h3-5H,1-2H3/q+1. The lowest BCUT2D eigenvalue weighted by atomic mass is 10.1. The van der Waals surface area contributed by atoms with E-state index in [1.807, 2.05) is 0 Å². The van der Waals surface area contributed by atoms with Gasteiger partial charge in [0.25, 0.3) is 0 Å². The van der Waals surface area contributed by atoms with Crippen molar-refractivity contribution in [1.82, 2.24) is 0 Å². The van der Waals surface area contributed by atoms with Gasteiger partial charge in [-0.2, -0.15) is 0 Å². The van der Waals surface area contributed by atoms with Crippen molar-refractivity contribution in [3.05, 3.63) is 34.3 Å². The van der Waals surface area contributed by atoms with Crippen molar-refractivity contribution in [2.75, 3.05) is 14.2 Å². The zero-order valence-corrected chi connectivity index (χ0v) is 8.76. The second kappa shape index (κ2) is 4.89. The number of ether oxygens (including phenoxy) is 2. The second-order valence-corrected chi connectivity index (χ2v) is 2.82. The number of rotatable bonds is 2. The minimum atomic E-state index is -0.696. The van der Waals surface area contributed by atoms with E-state index in [2.05, 4.69) is 14.4 Å². The van der Waals surface area contributed by atoms with E-state index in [4.69, 9.17) is 5.39 Å². The van der Waals surface area contributed by atoms with E-state index in [-0.39, 0.29) is 16.8 Å². The summed E-state index contributed by atoms with van der Waals surface area (Å²) in [5.74, 6) is -1.28. The summed E-state index contributed by atoms with van der Waals surface area (Å²) in [5, 5.41) is 8.65. The van der Waals surface area contributed by atoms with E-state index >= 15 is 0 Å². The Labute approximate surface area is 91.4 Å². The summed E-state index contributed by atoms with van der Waals surface area (Å²) in [7, 11) is 2.42. The summed E-state index contributed by atoms with van der Waals surface area (Å²) < 4.78 is 8.98. The Bertz CT molecular complexity index is 476. The Morgan fingerprint density at radius 3 is 2.31 bits per heavy atom. The van der Waals surface area contributed by atoms with E-state index in [1.54, 1.807) is 0 Å². The molecule has 0 aliphatic carbocycles. The fourth-order valence-electron chi connectivity index (χ4n) is 1.14. The third kappa shape index (κ3) is 2.15. The summed E-state index contributed by atoms with van der Waals surface area (Å²) >= 11 is 0. The number of diazo groups is 1. The number of carbonyl (C=O) groups excluding carboxylic acids is 2. The van der Waals surface area contributed by atoms with Gasteiger partial charge in [0.1, 0.15) is 0 Å². The molecule has 0 saturated heterocycles. The SMILES string of the molecule is COC(=O)c1ccc([N+]#N)c(C(=O)OC)c1. The maximum Gasteiger partial charge on any atom is 0.399 e. The summed E-state index contributed by atoms with van der Waals surface area (Å²) in [6.07, 6.45) is 0. The molecule has 0 amide bonds. The van der Waals surface area contributed by atoms with Crippen LogP contribution < -0.4 is 0 Å². The molecule has 0 radical (unpaired) electrons. The van der Waals surface area contributed by atoms with Crippen LogP contribution in [0.25, 0.3) is 4.98 Å². The van der Waals surface area contributed by atoms with Crippen LogP contribution in [0.4, 0.5) is 5.69 Å². The fourth-order valence-corrected chi connectivity index (χ4v) is 1.14. The van der Waals surface area contributed by atoms with Crippen molar-refractivity contribution in [2.45, 2.75) is 0 Å². The molecule has 0 spiro atoms. The molecule has 1 rings (SSSR count). The molecule has 82 valence electrons. The summed E-state index contributed by atoms with van der Waals surface area (Å²) in [5.41, 5.74) is 0.197. The number of esters is 2. The molecule has 6 heteroatoms. The fraction of sp³-hybridized carbons (Fsp3) is 0.200. The van der Waals surface area contributed by atoms with Crippen LogP contribution >= 0.6 is 0 Å². The molecule has 0 atom stereocenters. The predicted octanol–water partition coefficient (Wildman–Crippen LogP) is 1.74. The summed E-state index contributed by atoms with van der Waals surface area (Å²) in [6.45, 7) is 0. The Morgan fingerprint density at radius 1 is 1.19 bits per heavy atom. The third-order valence-corrected chi connectivity index (χ3v) is 1.93. The van der Waals surface area contributed by atoms with E-state index in [0.717, 1.165) is 0 Å². The topological polar surface area (TPSA) is 80.8 Å². The van der Waals surface area contributed by atoms with Crippen LogP contribution in [-0.4, -0.2) is 26.2 Å². The lowest BCUT2D eigenvalue weighted by Crippen LogP contribution is -2.06. The molecule has 0 unspecified atom stereocenters. The molecule has 0 aromatic heterocycles. The first kappa shape index (κ1) is 11.7. The van der Waals surface area contributed by atoms with Gasteiger partial charge in [0.2, 0.25) is 5.39 Å². The van der Waals surface area contributed by atoms with E-state index in [1.165, 1.54) is 32.4 Å². The largest absolute Gasteiger partial charge is 0.465 e. The third-order valence-electron chi connectivity index (χ3n) is 1.93. The van der Waals surface area contributed by atoms with Gasteiger partial charge in [0.05, 0.1) is 19.8 Å². The van der Waals surface area contributed by atoms with Gasteiger partial charge in [-0.05, 0) is 12.1 Å². The number of carbonyl (C=O) groups is 2. The normalized spacial score (nSPS) is 9.06. The zero-order valence-electron chi connectivity index (χ0n) is 8.76. The minimum absolute atomic E-state index is 0.00657. The first-order chi connectivity index (χ1) is 7.63. The smallest absolute Gasteiger partial charge is 0.399 e. The molecule has 0 N–H and O–H groups in total. The molecule has 1 aromatic carbocycles. The zero-order chi connectivity index (χ0) is 12.1. The lowest BCUT2D eigenvalue weighted by molar-refractivity contribution is 0.0600. The predicted molar refractivity (Wildman–Crippen MR) is 53.9 cm³/mol. The van der Waals surface area contributed by atoms with Gasteiger partial charge in [0, 0.05) is 6.07 Å². The van der Waals surface area contributed by atoms with E-state index in [0.29, 0.717) is 0 Å². The van der Waals surface area contributed by atoms with Crippen LogP contribution in [0.5, 0.6) is 0 Å². The molecule has 16 heavy (non-hydrogen) atoms. The number of hydrogen-bond donors (Lipinski definition) is 0. The van der Waals surface area contributed by atoms with Crippen molar-refractivity contribution >= 4 is 17.6 Å². The first-order valence-corrected chi connectivity index (χ1v) is 4.29. The van der Waals surface area contributed by atoms with Crippen LogP contribution in [0, 0.1) is 5.39 Å². The summed E-state index contributed by atoms with van der Waals surface area (Å²) in [6, 6.07) is 3.94. The molecule has 0 heterocycles. The first-order valence-electron chi connectivity index (χ1n) is 4.29. The van der Waals surface area contributed by atoms with Gasteiger partial charge < -0.3 is 9.47 Å². The molecule has 1 aromatic rings. The minimum Gasteiger partial charge on any atom is -0.465 e. The van der Waals surface area contributed by atoms with Crippen LogP contribution in [-0.2, 0) is 9.47 Å². The van der Waals surface area contributed by atoms with Crippen LogP contribution in [0.2, 0.25) is 0 Å². The van der Waals surface area contributed by atoms with Gasteiger partial charge >= 0.3 is 17.6 Å². The highest BCUT2D eigenvalue weighted by Crippen LogP contribution is 2.21. The van der Waals surface area contributed by atoms with Gasteiger partial charge in [-0.3, -0.25) is 0 Å². The van der Waals surface area contributed by atoms with Gasteiger partial charge in [-0.15, -0.1) is 0 Å². The Balaban J connectivity index is 3.28. The Kier molecular flexibility index (Phi) is 3.56.